The van der Waals surface area contributed by atoms with E-state index in [0.29, 0.717) is 19.4 Å². The standard InChI is InChI=1S/C17H19FN2O/c18-15-8-6-13(7-9-15)10-11-20-17(21)16(19)12-14-4-2-1-3-5-14/h1-9,16H,10-12,19H2,(H,20,21)/t16-/m1/s1. The number of nitrogens with two attached hydrogens (primary N) is 1. The highest BCUT2D eigenvalue weighted by atomic mass is 19.1. The van der Waals surface area contributed by atoms with E-state index in [0.717, 1.165) is 11.1 Å². The number of rotatable bonds is 6. The van der Waals surface area contributed by atoms with Crippen LogP contribution in [0.5, 0.6) is 0 Å². The third kappa shape index (κ3) is 5.00. The first kappa shape index (κ1) is 15.2. The smallest absolute Gasteiger partial charge is 0.237 e. The van der Waals surface area contributed by atoms with Crippen LogP contribution < -0.4 is 11.1 Å². The van der Waals surface area contributed by atoms with Gasteiger partial charge in [-0.1, -0.05) is 42.5 Å². The summed E-state index contributed by atoms with van der Waals surface area (Å²) in [6, 6.07) is 15.4. The predicted molar refractivity (Wildman–Crippen MR) is 81.2 cm³/mol. The van der Waals surface area contributed by atoms with Gasteiger partial charge in [0, 0.05) is 6.54 Å². The summed E-state index contributed by atoms with van der Waals surface area (Å²) in [5.74, 6) is -0.423. The van der Waals surface area contributed by atoms with Crippen molar-refractivity contribution in [2.75, 3.05) is 6.54 Å². The summed E-state index contributed by atoms with van der Waals surface area (Å²) in [5.41, 5.74) is 7.91. The van der Waals surface area contributed by atoms with Crippen molar-refractivity contribution in [1.29, 1.82) is 0 Å². The van der Waals surface area contributed by atoms with Crippen LogP contribution in [0.4, 0.5) is 4.39 Å². The van der Waals surface area contributed by atoms with Crippen molar-refractivity contribution in [2.24, 2.45) is 5.73 Å². The van der Waals surface area contributed by atoms with E-state index in [1.165, 1.54) is 12.1 Å². The predicted octanol–water partition coefficient (Wildman–Crippen LogP) is 2.05. The molecule has 1 atom stereocenters. The molecule has 4 heteroatoms. The monoisotopic (exact) mass is 286 g/mol. The first-order valence-corrected chi connectivity index (χ1v) is 6.97. The maximum Gasteiger partial charge on any atom is 0.237 e. The van der Waals surface area contributed by atoms with Crippen LogP contribution in [0.25, 0.3) is 0 Å². The Hall–Kier alpha value is -2.20. The Morgan fingerprint density at radius 3 is 2.38 bits per heavy atom. The molecule has 0 saturated carbocycles. The zero-order valence-corrected chi connectivity index (χ0v) is 11.8. The van der Waals surface area contributed by atoms with Gasteiger partial charge in [0.05, 0.1) is 6.04 Å². The summed E-state index contributed by atoms with van der Waals surface area (Å²) < 4.78 is 12.8. The minimum Gasteiger partial charge on any atom is -0.354 e. The lowest BCUT2D eigenvalue weighted by Gasteiger charge is -2.12. The Balaban J connectivity index is 1.75. The molecule has 21 heavy (non-hydrogen) atoms. The van der Waals surface area contributed by atoms with Crippen LogP contribution >= 0.6 is 0 Å². The van der Waals surface area contributed by atoms with Crippen LogP contribution in [0, 0.1) is 5.82 Å². The lowest BCUT2D eigenvalue weighted by atomic mass is 10.1. The summed E-state index contributed by atoms with van der Waals surface area (Å²) in [6.45, 7) is 0.493. The molecule has 3 N–H and O–H groups in total. The Morgan fingerprint density at radius 1 is 1.05 bits per heavy atom. The average Bonchev–Trinajstić information content (AvgIpc) is 2.50. The van der Waals surface area contributed by atoms with Gasteiger partial charge in [0.1, 0.15) is 5.82 Å². The molecule has 3 nitrogen and oxygen atoms in total. The van der Waals surface area contributed by atoms with Gasteiger partial charge < -0.3 is 11.1 Å². The Morgan fingerprint density at radius 2 is 1.71 bits per heavy atom. The lowest BCUT2D eigenvalue weighted by molar-refractivity contribution is -0.122. The molecular formula is C17H19FN2O. The van der Waals surface area contributed by atoms with Crippen LogP contribution in [-0.4, -0.2) is 18.5 Å². The normalized spacial score (nSPS) is 11.9. The van der Waals surface area contributed by atoms with Crippen molar-refractivity contribution in [3.05, 3.63) is 71.5 Å². The molecular weight excluding hydrogens is 267 g/mol. The summed E-state index contributed by atoms with van der Waals surface area (Å²) in [4.78, 5) is 11.9. The van der Waals surface area contributed by atoms with Crippen molar-refractivity contribution >= 4 is 5.91 Å². The Labute approximate surface area is 124 Å². The second-order valence-electron chi connectivity index (χ2n) is 4.96. The molecule has 0 spiro atoms. The molecule has 110 valence electrons. The number of halogens is 1. The quantitative estimate of drug-likeness (QED) is 0.854. The van der Waals surface area contributed by atoms with Crippen LogP contribution in [0.1, 0.15) is 11.1 Å². The van der Waals surface area contributed by atoms with Gasteiger partial charge in [-0.25, -0.2) is 4.39 Å². The van der Waals surface area contributed by atoms with Gasteiger partial charge in [-0.3, -0.25) is 4.79 Å². The minimum absolute atomic E-state index is 0.166. The Kier molecular flexibility index (Phi) is 5.46. The molecule has 0 aliphatic heterocycles. The third-order valence-corrected chi connectivity index (χ3v) is 3.26. The molecule has 0 saturated heterocycles. The first-order chi connectivity index (χ1) is 10.1. The number of hydrogen-bond acceptors (Lipinski definition) is 2. The Bertz CT molecular complexity index is 569. The molecule has 1 amide bonds. The highest BCUT2D eigenvalue weighted by Gasteiger charge is 2.13. The van der Waals surface area contributed by atoms with E-state index < -0.39 is 6.04 Å². The van der Waals surface area contributed by atoms with E-state index in [-0.39, 0.29) is 11.7 Å². The molecule has 0 unspecified atom stereocenters. The maximum atomic E-state index is 12.8. The first-order valence-electron chi connectivity index (χ1n) is 6.97. The van der Waals surface area contributed by atoms with Crippen LogP contribution in [-0.2, 0) is 17.6 Å². The highest BCUT2D eigenvalue weighted by Crippen LogP contribution is 2.04. The topological polar surface area (TPSA) is 55.1 Å². The van der Waals surface area contributed by atoms with Gasteiger partial charge in [-0.05, 0) is 36.1 Å². The highest BCUT2D eigenvalue weighted by molar-refractivity contribution is 5.81. The van der Waals surface area contributed by atoms with Gasteiger partial charge in [-0.2, -0.15) is 0 Å². The number of carbonyl (C=O) groups excluding carboxylic acids is 1. The summed E-state index contributed by atoms with van der Waals surface area (Å²) in [6.07, 6.45) is 1.17. The zero-order valence-electron chi connectivity index (χ0n) is 11.8. The average molecular weight is 286 g/mol. The van der Waals surface area contributed by atoms with Gasteiger partial charge >= 0.3 is 0 Å². The SMILES string of the molecule is N[C@H](Cc1ccccc1)C(=O)NCCc1ccc(F)cc1. The second kappa shape index (κ2) is 7.55. The fourth-order valence-corrected chi connectivity index (χ4v) is 2.07. The fraction of sp³-hybridized carbons (Fsp3) is 0.235. The molecule has 0 aliphatic carbocycles. The van der Waals surface area contributed by atoms with Crippen LogP contribution in [0.3, 0.4) is 0 Å². The van der Waals surface area contributed by atoms with Crippen molar-refractivity contribution in [2.45, 2.75) is 18.9 Å². The van der Waals surface area contributed by atoms with Gasteiger partial charge in [0.15, 0.2) is 0 Å². The molecule has 0 heterocycles. The molecule has 0 bridgehead atoms. The van der Waals surface area contributed by atoms with Crippen LogP contribution in [0.15, 0.2) is 54.6 Å². The molecule has 0 aromatic heterocycles. The molecule has 0 aliphatic rings. The third-order valence-electron chi connectivity index (χ3n) is 3.26. The van der Waals surface area contributed by atoms with E-state index in [2.05, 4.69) is 5.32 Å². The molecule has 2 aromatic carbocycles. The number of nitrogens with one attached hydrogen (secondary N) is 1. The van der Waals surface area contributed by atoms with E-state index in [9.17, 15) is 9.18 Å². The van der Waals surface area contributed by atoms with Crippen LogP contribution in [0.2, 0.25) is 0 Å². The van der Waals surface area contributed by atoms with E-state index >= 15 is 0 Å². The van der Waals surface area contributed by atoms with Gasteiger partial charge in [0.2, 0.25) is 5.91 Å². The molecule has 0 fully saturated rings. The second-order valence-corrected chi connectivity index (χ2v) is 4.96. The number of carbonyl (C=O) groups is 1. The number of hydrogen-bond donors (Lipinski definition) is 2. The van der Waals surface area contributed by atoms with Gasteiger partial charge in [-0.15, -0.1) is 0 Å². The lowest BCUT2D eigenvalue weighted by Crippen LogP contribution is -2.42. The maximum absolute atomic E-state index is 12.8. The van der Waals surface area contributed by atoms with Gasteiger partial charge in [0.25, 0.3) is 0 Å². The van der Waals surface area contributed by atoms with Crippen molar-refractivity contribution in [3.8, 4) is 0 Å². The number of amides is 1. The summed E-state index contributed by atoms with van der Waals surface area (Å²) >= 11 is 0. The van der Waals surface area contributed by atoms with Crippen molar-refractivity contribution < 1.29 is 9.18 Å². The number of benzene rings is 2. The van der Waals surface area contributed by atoms with E-state index in [1.54, 1.807) is 12.1 Å². The molecule has 0 radical (unpaired) electrons. The fourth-order valence-electron chi connectivity index (χ4n) is 2.07. The molecule has 2 aromatic rings. The molecule has 2 rings (SSSR count). The largest absolute Gasteiger partial charge is 0.354 e. The van der Waals surface area contributed by atoms with E-state index in [1.807, 2.05) is 30.3 Å². The van der Waals surface area contributed by atoms with E-state index in [4.69, 9.17) is 5.73 Å². The summed E-state index contributed by atoms with van der Waals surface area (Å²) in [7, 11) is 0. The zero-order chi connectivity index (χ0) is 15.1. The van der Waals surface area contributed by atoms with Crippen molar-refractivity contribution in [3.63, 3.8) is 0 Å². The van der Waals surface area contributed by atoms with Crippen molar-refractivity contribution in [1.82, 2.24) is 5.32 Å². The summed E-state index contributed by atoms with van der Waals surface area (Å²) in [5, 5.41) is 2.81. The minimum atomic E-state index is -0.555.